The number of aryl methyl sites for hydroxylation is 2. The number of carbonyl (C=O) groups excluding carboxylic acids is 1. The molecule has 1 amide bonds. The van der Waals surface area contributed by atoms with Gasteiger partial charge in [0.1, 0.15) is 5.75 Å². The van der Waals surface area contributed by atoms with Crippen LogP contribution in [0.1, 0.15) is 40.7 Å². The molecular weight excluding hydrogens is 388 g/mol. The van der Waals surface area contributed by atoms with Gasteiger partial charge in [-0.15, -0.1) is 0 Å². The Kier molecular flexibility index (Phi) is 6.59. The molecule has 1 heterocycles. The third-order valence-electron chi connectivity index (χ3n) is 5.64. The molecule has 1 aliphatic heterocycles. The van der Waals surface area contributed by atoms with Crippen LogP contribution in [0.2, 0.25) is 0 Å². The summed E-state index contributed by atoms with van der Waals surface area (Å²) in [5.74, 6) is 1.31. The summed E-state index contributed by atoms with van der Waals surface area (Å²) in [6, 6.07) is 12.8. The molecule has 0 aliphatic carbocycles. The van der Waals surface area contributed by atoms with Crippen molar-refractivity contribution in [1.29, 1.82) is 0 Å². The van der Waals surface area contributed by atoms with Crippen LogP contribution in [0.15, 0.2) is 47.4 Å². The molecule has 0 saturated carbocycles. The number of primary sulfonamides is 1. The fourth-order valence-corrected chi connectivity index (χ4v) is 4.62. The van der Waals surface area contributed by atoms with Gasteiger partial charge in [-0.25, -0.2) is 13.6 Å². The van der Waals surface area contributed by atoms with Crippen molar-refractivity contribution in [3.05, 3.63) is 59.2 Å². The third-order valence-corrected chi connectivity index (χ3v) is 6.70. The van der Waals surface area contributed by atoms with E-state index in [1.807, 2.05) is 17.0 Å². The Morgan fingerprint density at radius 2 is 1.79 bits per heavy atom. The summed E-state index contributed by atoms with van der Waals surface area (Å²) in [7, 11) is -2.18. The Hall–Kier alpha value is -2.38. The minimum atomic E-state index is -3.85. The van der Waals surface area contributed by atoms with Gasteiger partial charge in [-0.3, -0.25) is 4.79 Å². The predicted molar refractivity (Wildman–Crippen MR) is 112 cm³/mol. The Morgan fingerprint density at radius 3 is 2.38 bits per heavy atom. The molecule has 0 spiro atoms. The molecule has 0 atom stereocenters. The number of amides is 1. The molecule has 29 heavy (non-hydrogen) atoms. The van der Waals surface area contributed by atoms with Crippen LogP contribution in [-0.2, 0) is 16.4 Å². The lowest BCUT2D eigenvalue weighted by molar-refractivity contribution is 0.0686. The van der Waals surface area contributed by atoms with Gasteiger partial charge < -0.3 is 9.64 Å². The van der Waals surface area contributed by atoms with Crippen molar-refractivity contribution >= 4 is 15.9 Å². The number of methoxy groups -OCH3 is 1. The van der Waals surface area contributed by atoms with E-state index in [1.54, 1.807) is 26.2 Å². The number of carbonyl (C=O) groups is 1. The first-order valence-corrected chi connectivity index (χ1v) is 11.4. The Morgan fingerprint density at radius 1 is 1.14 bits per heavy atom. The molecule has 3 rings (SSSR count). The van der Waals surface area contributed by atoms with Gasteiger partial charge in [0.25, 0.3) is 5.91 Å². The standard InChI is InChI=1S/C22H28N2O4S/c1-16-3-8-19(15-21(16)29(23,26)27)22(25)24-13-11-18(12-14-24)5-4-17-6-9-20(28-2)10-7-17/h3,6-10,15,18H,4-5,11-14H2,1-2H3,(H2,23,26,27). The summed E-state index contributed by atoms with van der Waals surface area (Å²) in [4.78, 5) is 14.6. The van der Waals surface area contributed by atoms with E-state index in [2.05, 4.69) is 12.1 Å². The SMILES string of the molecule is COc1ccc(CCC2CCN(C(=O)c3ccc(C)c(S(N)(=O)=O)c3)CC2)cc1. The topological polar surface area (TPSA) is 89.7 Å². The quantitative estimate of drug-likeness (QED) is 0.783. The molecule has 1 fully saturated rings. The molecule has 7 heteroatoms. The average Bonchev–Trinajstić information content (AvgIpc) is 2.72. The number of hydrogen-bond donors (Lipinski definition) is 1. The van der Waals surface area contributed by atoms with Gasteiger partial charge in [0.05, 0.1) is 12.0 Å². The minimum Gasteiger partial charge on any atom is -0.497 e. The molecule has 0 unspecified atom stereocenters. The van der Waals surface area contributed by atoms with Crippen LogP contribution in [0.4, 0.5) is 0 Å². The van der Waals surface area contributed by atoms with Crippen molar-refractivity contribution in [3.8, 4) is 5.75 Å². The van der Waals surface area contributed by atoms with Gasteiger partial charge in [0.15, 0.2) is 0 Å². The van der Waals surface area contributed by atoms with Gasteiger partial charge in [0.2, 0.25) is 10.0 Å². The fraction of sp³-hybridized carbons (Fsp3) is 0.409. The molecule has 6 nitrogen and oxygen atoms in total. The van der Waals surface area contributed by atoms with Gasteiger partial charge in [-0.05, 0) is 73.9 Å². The largest absolute Gasteiger partial charge is 0.497 e. The van der Waals surface area contributed by atoms with Crippen LogP contribution >= 0.6 is 0 Å². The second kappa shape index (κ2) is 8.97. The Balaban J connectivity index is 1.55. The van der Waals surface area contributed by atoms with Gasteiger partial charge in [-0.2, -0.15) is 0 Å². The van der Waals surface area contributed by atoms with Crippen molar-refractivity contribution in [2.24, 2.45) is 11.1 Å². The van der Waals surface area contributed by atoms with E-state index in [0.717, 1.165) is 31.4 Å². The lowest BCUT2D eigenvalue weighted by Crippen LogP contribution is -2.38. The number of ether oxygens (including phenoxy) is 1. The molecule has 2 aromatic carbocycles. The maximum Gasteiger partial charge on any atom is 0.253 e. The van der Waals surface area contributed by atoms with Crippen LogP contribution in [0.25, 0.3) is 0 Å². The number of nitrogens with two attached hydrogens (primary N) is 1. The first-order chi connectivity index (χ1) is 13.8. The smallest absolute Gasteiger partial charge is 0.253 e. The Labute approximate surface area is 172 Å². The number of hydrogen-bond acceptors (Lipinski definition) is 4. The highest BCUT2D eigenvalue weighted by molar-refractivity contribution is 7.89. The van der Waals surface area contributed by atoms with Crippen LogP contribution < -0.4 is 9.88 Å². The highest BCUT2D eigenvalue weighted by Gasteiger charge is 2.24. The predicted octanol–water partition coefficient (Wildman–Crippen LogP) is 3.14. The van der Waals surface area contributed by atoms with Gasteiger partial charge in [-0.1, -0.05) is 18.2 Å². The fourth-order valence-electron chi connectivity index (χ4n) is 3.81. The van der Waals surface area contributed by atoms with E-state index < -0.39 is 10.0 Å². The molecule has 1 saturated heterocycles. The summed E-state index contributed by atoms with van der Waals surface area (Å²) < 4.78 is 28.6. The lowest BCUT2D eigenvalue weighted by Gasteiger charge is -2.32. The first-order valence-electron chi connectivity index (χ1n) is 9.83. The molecule has 0 radical (unpaired) electrons. The highest BCUT2D eigenvalue weighted by Crippen LogP contribution is 2.25. The van der Waals surface area contributed by atoms with E-state index in [1.165, 1.54) is 11.6 Å². The van der Waals surface area contributed by atoms with Gasteiger partial charge >= 0.3 is 0 Å². The molecule has 2 N–H and O–H groups in total. The van der Waals surface area contributed by atoms with Crippen molar-refractivity contribution < 1.29 is 17.9 Å². The molecule has 0 aromatic heterocycles. The average molecular weight is 417 g/mol. The van der Waals surface area contributed by atoms with Crippen LogP contribution in [0.3, 0.4) is 0 Å². The summed E-state index contributed by atoms with van der Waals surface area (Å²) in [6.07, 6.45) is 4.01. The molecule has 0 bridgehead atoms. The summed E-state index contributed by atoms with van der Waals surface area (Å²) >= 11 is 0. The Bertz CT molecular complexity index is 963. The number of nitrogens with zero attached hydrogens (tertiary/aromatic N) is 1. The van der Waals surface area contributed by atoms with Crippen molar-refractivity contribution in [1.82, 2.24) is 4.90 Å². The monoisotopic (exact) mass is 416 g/mol. The molecule has 156 valence electrons. The van der Waals surface area contributed by atoms with E-state index in [-0.39, 0.29) is 10.8 Å². The summed E-state index contributed by atoms with van der Waals surface area (Å²) in [5.41, 5.74) is 2.21. The number of sulfonamides is 1. The molecule has 2 aromatic rings. The van der Waals surface area contributed by atoms with E-state index in [9.17, 15) is 13.2 Å². The normalized spacial score (nSPS) is 15.3. The third kappa shape index (κ3) is 5.36. The maximum absolute atomic E-state index is 12.8. The van der Waals surface area contributed by atoms with Gasteiger partial charge in [0, 0.05) is 18.7 Å². The van der Waals surface area contributed by atoms with E-state index in [4.69, 9.17) is 9.88 Å². The lowest BCUT2D eigenvalue weighted by atomic mass is 9.90. The summed E-state index contributed by atoms with van der Waals surface area (Å²) in [6.45, 7) is 3.04. The zero-order valence-corrected chi connectivity index (χ0v) is 17.7. The van der Waals surface area contributed by atoms with Crippen LogP contribution in [0, 0.1) is 12.8 Å². The van der Waals surface area contributed by atoms with Crippen molar-refractivity contribution in [2.75, 3.05) is 20.2 Å². The number of rotatable bonds is 6. The van der Waals surface area contributed by atoms with Crippen LogP contribution in [-0.4, -0.2) is 39.4 Å². The first kappa shape index (κ1) is 21.3. The second-order valence-electron chi connectivity index (χ2n) is 7.65. The number of benzene rings is 2. The minimum absolute atomic E-state index is 0.0118. The molecular formula is C22H28N2O4S. The summed E-state index contributed by atoms with van der Waals surface area (Å²) in [5, 5.41) is 5.26. The number of piperidine rings is 1. The zero-order chi connectivity index (χ0) is 21.0. The van der Waals surface area contributed by atoms with Crippen molar-refractivity contribution in [2.45, 2.75) is 37.5 Å². The number of likely N-dealkylation sites (tertiary alicyclic amines) is 1. The molecule has 1 aliphatic rings. The highest BCUT2D eigenvalue weighted by atomic mass is 32.2. The second-order valence-corrected chi connectivity index (χ2v) is 9.18. The zero-order valence-electron chi connectivity index (χ0n) is 16.9. The maximum atomic E-state index is 12.8. The van der Waals surface area contributed by atoms with E-state index >= 15 is 0 Å². The van der Waals surface area contributed by atoms with E-state index in [0.29, 0.717) is 30.1 Å². The van der Waals surface area contributed by atoms with Crippen molar-refractivity contribution in [3.63, 3.8) is 0 Å². The van der Waals surface area contributed by atoms with Crippen LogP contribution in [0.5, 0.6) is 5.75 Å².